The van der Waals surface area contributed by atoms with Crippen molar-refractivity contribution in [1.29, 1.82) is 0 Å². The van der Waals surface area contributed by atoms with Crippen molar-refractivity contribution in [2.75, 3.05) is 21.0 Å². The van der Waals surface area contributed by atoms with Gasteiger partial charge < -0.3 is 23.7 Å². The van der Waals surface area contributed by atoms with E-state index in [4.69, 9.17) is 18.9 Å². The lowest BCUT2D eigenvalue weighted by Gasteiger charge is -2.20. The standard InChI is InChI=1S/C22H20NO5/c1-25-18-4-3-14-15(6-8-24)21-16-10-20-19(27-12-28-20)9-13(16)5-7-23(21)11-17(14)22(18)26-2/h3-4,8-11H,5-7,12H2,1-2H3/q+1. The van der Waals surface area contributed by atoms with Gasteiger partial charge in [-0.15, -0.1) is 0 Å². The molecule has 0 atom stereocenters. The molecule has 28 heavy (non-hydrogen) atoms. The van der Waals surface area contributed by atoms with Crippen LogP contribution in [0.2, 0.25) is 0 Å². The van der Waals surface area contributed by atoms with Crippen molar-refractivity contribution < 1.29 is 28.3 Å². The topological polar surface area (TPSA) is 57.9 Å². The highest BCUT2D eigenvalue weighted by Gasteiger charge is 2.32. The first-order valence-electron chi connectivity index (χ1n) is 9.21. The Morgan fingerprint density at radius 1 is 1.11 bits per heavy atom. The molecule has 0 saturated carbocycles. The molecule has 5 rings (SSSR count). The first-order valence-corrected chi connectivity index (χ1v) is 9.21. The summed E-state index contributed by atoms with van der Waals surface area (Å²) in [4.78, 5) is 11.6. The highest BCUT2D eigenvalue weighted by molar-refractivity contribution is 5.96. The predicted molar refractivity (Wildman–Crippen MR) is 102 cm³/mol. The number of methoxy groups -OCH3 is 2. The molecule has 3 aromatic rings. The number of rotatable bonds is 4. The van der Waals surface area contributed by atoms with Gasteiger partial charge in [0.25, 0.3) is 0 Å². The van der Waals surface area contributed by atoms with Gasteiger partial charge in [-0.3, -0.25) is 0 Å². The maximum absolute atomic E-state index is 11.6. The molecular weight excluding hydrogens is 358 g/mol. The van der Waals surface area contributed by atoms with Crippen LogP contribution in [-0.4, -0.2) is 27.3 Å². The predicted octanol–water partition coefficient (Wildman–Crippen LogP) is 2.84. The van der Waals surface area contributed by atoms with Crippen LogP contribution in [-0.2, 0) is 24.2 Å². The van der Waals surface area contributed by atoms with Gasteiger partial charge in [-0.25, -0.2) is 0 Å². The maximum Gasteiger partial charge on any atom is 0.231 e. The summed E-state index contributed by atoms with van der Waals surface area (Å²) >= 11 is 0. The lowest BCUT2D eigenvalue weighted by atomic mass is 9.90. The number of aldehydes is 1. The zero-order chi connectivity index (χ0) is 19.3. The molecule has 3 heterocycles. The van der Waals surface area contributed by atoms with E-state index in [0.717, 1.165) is 58.3 Å². The Bertz CT molecular complexity index is 1120. The second kappa shape index (κ2) is 6.41. The molecule has 0 radical (unpaired) electrons. The van der Waals surface area contributed by atoms with E-state index < -0.39 is 0 Å². The van der Waals surface area contributed by atoms with E-state index in [1.807, 2.05) is 18.2 Å². The average molecular weight is 378 g/mol. The molecule has 2 aliphatic heterocycles. The number of fused-ring (bicyclic) bond motifs is 5. The van der Waals surface area contributed by atoms with Crippen molar-refractivity contribution in [2.24, 2.45) is 0 Å². The highest BCUT2D eigenvalue weighted by atomic mass is 16.7. The van der Waals surface area contributed by atoms with Crippen LogP contribution in [0.25, 0.3) is 22.0 Å². The smallest absolute Gasteiger partial charge is 0.231 e. The van der Waals surface area contributed by atoms with Crippen molar-refractivity contribution in [3.8, 4) is 34.3 Å². The number of aromatic nitrogens is 1. The van der Waals surface area contributed by atoms with E-state index in [2.05, 4.69) is 16.8 Å². The Kier molecular flexibility index (Phi) is 3.86. The van der Waals surface area contributed by atoms with E-state index in [-0.39, 0.29) is 6.79 Å². The molecule has 2 aliphatic rings. The molecule has 0 saturated heterocycles. The normalized spacial score (nSPS) is 13.8. The van der Waals surface area contributed by atoms with Crippen LogP contribution >= 0.6 is 0 Å². The lowest BCUT2D eigenvalue weighted by Crippen LogP contribution is -2.41. The molecule has 0 amide bonds. The molecule has 1 aromatic heterocycles. The number of benzene rings is 2. The first kappa shape index (κ1) is 16.9. The summed E-state index contributed by atoms with van der Waals surface area (Å²) in [6.45, 7) is 1.05. The van der Waals surface area contributed by atoms with Crippen LogP contribution < -0.4 is 23.5 Å². The summed E-state index contributed by atoms with van der Waals surface area (Å²) in [5.41, 5.74) is 4.32. The van der Waals surface area contributed by atoms with Crippen LogP contribution in [0.1, 0.15) is 11.1 Å². The third-order valence-corrected chi connectivity index (χ3v) is 5.53. The van der Waals surface area contributed by atoms with Crippen LogP contribution in [0.5, 0.6) is 23.0 Å². The minimum absolute atomic E-state index is 0.244. The number of hydrogen-bond acceptors (Lipinski definition) is 5. The Balaban J connectivity index is 1.84. The van der Waals surface area contributed by atoms with Crippen molar-refractivity contribution in [1.82, 2.24) is 0 Å². The minimum atomic E-state index is 0.244. The largest absolute Gasteiger partial charge is 0.493 e. The Hall–Kier alpha value is -3.28. The molecule has 0 N–H and O–H groups in total. The van der Waals surface area contributed by atoms with Gasteiger partial charge in [-0.1, -0.05) is 0 Å². The summed E-state index contributed by atoms with van der Waals surface area (Å²) < 4.78 is 24.4. The Labute approximate surface area is 162 Å². The van der Waals surface area contributed by atoms with Crippen LogP contribution in [0.4, 0.5) is 0 Å². The quantitative estimate of drug-likeness (QED) is 0.516. The van der Waals surface area contributed by atoms with Gasteiger partial charge >= 0.3 is 0 Å². The summed E-state index contributed by atoms with van der Waals surface area (Å²) in [6.07, 6.45) is 4.24. The number of pyridine rings is 1. The molecule has 0 unspecified atom stereocenters. The monoisotopic (exact) mass is 378 g/mol. The number of aryl methyl sites for hydroxylation is 2. The molecule has 6 nitrogen and oxygen atoms in total. The summed E-state index contributed by atoms with van der Waals surface area (Å²) in [6, 6.07) is 7.97. The van der Waals surface area contributed by atoms with Gasteiger partial charge in [0, 0.05) is 23.8 Å². The number of nitrogens with zero attached hydrogens (tertiary/aromatic N) is 1. The van der Waals surface area contributed by atoms with Crippen LogP contribution in [0.3, 0.4) is 0 Å². The van der Waals surface area contributed by atoms with Gasteiger partial charge in [0.1, 0.15) is 6.29 Å². The van der Waals surface area contributed by atoms with Crippen LogP contribution in [0, 0.1) is 0 Å². The van der Waals surface area contributed by atoms with Gasteiger partial charge in [0.15, 0.2) is 35.7 Å². The molecular formula is C22H20NO5+. The molecule has 0 fully saturated rings. The molecule has 6 heteroatoms. The zero-order valence-corrected chi connectivity index (χ0v) is 15.8. The van der Waals surface area contributed by atoms with Crippen molar-refractivity contribution in [3.63, 3.8) is 0 Å². The van der Waals surface area contributed by atoms with Crippen molar-refractivity contribution in [3.05, 3.63) is 41.6 Å². The average Bonchev–Trinajstić information content (AvgIpc) is 3.18. The van der Waals surface area contributed by atoms with Crippen molar-refractivity contribution in [2.45, 2.75) is 19.4 Å². The van der Waals surface area contributed by atoms with E-state index in [1.165, 1.54) is 5.56 Å². The first-order chi connectivity index (χ1) is 13.7. The zero-order valence-electron chi connectivity index (χ0n) is 15.8. The minimum Gasteiger partial charge on any atom is -0.493 e. The number of hydrogen-bond donors (Lipinski definition) is 0. The molecule has 0 bridgehead atoms. The van der Waals surface area contributed by atoms with Gasteiger partial charge in [0.05, 0.1) is 25.2 Å². The fraction of sp³-hybridized carbons (Fsp3) is 0.273. The van der Waals surface area contributed by atoms with E-state index in [9.17, 15) is 4.79 Å². The molecule has 142 valence electrons. The fourth-order valence-corrected chi connectivity index (χ4v) is 4.30. The molecule has 0 aliphatic carbocycles. The van der Waals surface area contributed by atoms with E-state index >= 15 is 0 Å². The number of ether oxygens (including phenoxy) is 4. The third-order valence-electron chi connectivity index (χ3n) is 5.53. The van der Waals surface area contributed by atoms with Gasteiger partial charge in [-0.2, -0.15) is 4.57 Å². The maximum atomic E-state index is 11.6. The van der Waals surface area contributed by atoms with Crippen molar-refractivity contribution >= 4 is 17.1 Å². The van der Waals surface area contributed by atoms with E-state index in [1.54, 1.807) is 14.2 Å². The SMILES string of the molecule is COc1ccc2c(CC=O)c3[n+](cc2c1OC)CCc1cc2c(cc1-3)OCO2. The van der Waals surface area contributed by atoms with Crippen LogP contribution in [0.15, 0.2) is 30.5 Å². The third kappa shape index (κ3) is 2.34. The van der Waals surface area contributed by atoms with Gasteiger partial charge in [0.2, 0.25) is 12.5 Å². The summed E-state index contributed by atoms with van der Waals surface area (Å²) in [5.74, 6) is 2.89. The second-order valence-corrected chi connectivity index (χ2v) is 6.90. The lowest BCUT2D eigenvalue weighted by molar-refractivity contribution is -0.686. The van der Waals surface area contributed by atoms with E-state index in [0.29, 0.717) is 17.9 Å². The fourth-order valence-electron chi connectivity index (χ4n) is 4.30. The number of carbonyl (C=O) groups is 1. The second-order valence-electron chi connectivity index (χ2n) is 6.90. The Morgan fingerprint density at radius 2 is 1.93 bits per heavy atom. The summed E-state index contributed by atoms with van der Waals surface area (Å²) in [5, 5.41) is 1.92. The Morgan fingerprint density at radius 3 is 2.68 bits per heavy atom. The molecule has 0 spiro atoms. The number of carbonyl (C=O) groups excluding carboxylic acids is 1. The van der Waals surface area contributed by atoms with Gasteiger partial charge in [-0.05, 0) is 29.8 Å². The highest BCUT2D eigenvalue weighted by Crippen LogP contribution is 2.43. The molecule has 2 aromatic carbocycles. The summed E-state index contributed by atoms with van der Waals surface area (Å²) in [7, 11) is 3.26.